The van der Waals surface area contributed by atoms with Gasteiger partial charge in [-0.15, -0.1) is 0 Å². The van der Waals surface area contributed by atoms with Gasteiger partial charge in [0.25, 0.3) is 0 Å². The number of ketones is 1. The van der Waals surface area contributed by atoms with Gasteiger partial charge in [0.1, 0.15) is 12.6 Å². The van der Waals surface area contributed by atoms with Crippen LogP contribution in [0.3, 0.4) is 0 Å². The van der Waals surface area contributed by atoms with Crippen LogP contribution in [0.4, 0.5) is 0 Å². The minimum absolute atomic E-state index is 0.0109. The van der Waals surface area contributed by atoms with E-state index in [0.717, 1.165) is 25.7 Å². The van der Waals surface area contributed by atoms with E-state index >= 15 is 0 Å². The molecule has 0 amide bonds. The van der Waals surface area contributed by atoms with Gasteiger partial charge in [-0.25, -0.2) is 0 Å². The first-order chi connectivity index (χ1) is 13.2. The maximum Gasteiger partial charge on any atom is 0.146 e. The summed E-state index contributed by atoms with van der Waals surface area (Å²) in [4.78, 5) is 13.9. The summed E-state index contributed by atoms with van der Waals surface area (Å²) in [5.74, 6) is 1.26. The van der Waals surface area contributed by atoms with E-state index in [1.54, 1.807) is 7.11 Å². The van der Waals surface area contributed by atoms with Crippen molar-refractivity contribution in [2.75, 3.05) is 21.0 Å². The molecule has 3 unspecified atom stereocenters. The van der Waals surface area contributed by atoms with Crippen molar-refractivity contribution >= 4 is 5.78 Å². The van der Waals surface area contributed by atoms with Crippen LogP contribution >= 0.6 is 0 Å². The Balaban J connectivity index is 2.20. The van der Waals surface area contributed by atoms with Gasteiger partial charge in [-0.3, -0.25) is 4.79 Å². The van der Waals surface area contributed by atoms with Crippen molar-refractivity contribution in [1.82, 2.24) is 0 Å². The third-order valence-electron chi connectivity index (χ3n) is 9.01. The van der Waals surface area contributed by atoms with Crippen LogP contribution in [0.1, 0.15) is 66.7 Å². The molecule has 0 spiro atoms. The summed E-state index contributed by atoms with van der Waals surface area (Å²) < 4.78 is 17.7. The number of hydrogen-bond acceptors (Lipinski definition) is 4. The summed E-state index contributed by atoms with van der Waals surface area (Å²) in [7, 11) is 3.51. The average molecular weight is 393 g/mol. The van der Waals surface area contributed by atoms with E-state index in [4.69, 9.17) is 14.2 Å². The molecule has 28 heavy (non-hydrogen) atoms. The molecular formula is C24H40O4. The van der Waals surface area contributed by atoms with Crippen LogP contribution in [-0.4, -0.2) is 39.0 Å². The molecule has 3 fully saturated rings. The third-order valence-corrected chi connectivity index (χ3v) is 9.01. The average Bonchev–Trinajstić information content (AvgIpc) is 3.07. The molecule has 0 heterocycles. The van der Waals surface area contributed by atoms with E-state index in [1.807, 2.05) is 20.1 Å². The summed E-state index contributed by atoms with van der Waals surface area (Å²) in [6, 6.07) is 0. The second kappa shape index (κ2) is 7.85. The second-order valence-corrected chi connectivity index (χ2v) is 10.1. The number of methoxy groups -OCH3 is 2. The van der Waals surface area contributed by atoms with E-state index in [2.05, 4.69) is 33.8 Å². The van der Waals surface area contributed by atoms with Gasteiger partial charge in [0, 0.05) is 31.0 Å². The number of carbonyl (C=O) groups is 1. The lowest BCUT2D eigenvalue weighted by Crippen LogP contribution is -2.62. The van der Waals surface area contributed by atoms with Crippen LogP contribution in [0.5, 0.6) is 0 Å². The lowest BCUT2D eigenvalue weighted by atomic mass is 9.44. The van der Waals surface area contributed by atoms with Gasteiger partial charge < -0.3 is 14.2 Å². The number of hydrogen-bond donors (Lipinski definition) is 0. The third kappa shape index (κ3) is 3.02. The minimum atomic E-state index is -0.506. The Kier molecular flexibility index (Phi) is 6.16. The summed E-state index contributed by atoms with van der Waals surface area (Å²) in [6.45, 7) is 11.4. The molecule has 4 heteroatoms. The van der Waals surface area contributed by atoms with Crippen molar-refractivity contribution < 1.29 is 19.0 Å². The summed E-state index contributed by atoms with van der Waals surface area (Å²) in [6.07, 6.45) is 9.38. The number of ether oxygens (including phenoxy) is 3. The highest BCUT2D eigenvalue weighted by atomic mass is 16.7. The molecular weight excluding hydrogens is 352 g/mol. The molecule has 3 saturated carbocycles. The smallest absolute Gasteiger partial charge is 0.146 e. The minimum Gasteiger partial charge on any atom is -0.381 e. The SMILES string of the molecule is C/C=C\[C@]1(C)C[C@@H](OCOC)[C@]2(C)C(C)CCC3(CC[C@@H](OC)C32)[C@@H](C)C1=O. The zero-order valence-electron chi connectivity index (χ0n) is 18.9. The van der Waals surface area contributed by atoms with Gasteiger partial charge in [-0.05, 0) is 63.2 Å². The summed E-state index contributed by atoms with van der Waals surface area (Å²) in [5.41, 5.74) is -0.545. The topological polar surface area (TPSA) is 44.8 Å². The van der Waals surface area contributed by atoms with Crippen molar-refractivity contribution in [1.29, 1.82) is 0 Å². The van der Waals surface area contributed by atoms with Crippen molar-refractivity contribution in [3.63, 3.8) is 0 Å². The Hall–Kier alpha value is -0.710. The molecule has 3 aliphatic rings. The fourth-order valence-electron chi connectivity index (χ4n) is 7.35. The van der Waals surface area contributed by atoms with Gasteiger partial charge in [-0.1, -0.05) is 32.9 Å². The van der Waals surface area contributed by atoms with Gasteiger partial charge in [0.15, 0.2) is 0 Å². The Morgan fingerprint density at radius 2 is 1.82 bits per heavy atom. The molecule has 4 nitrogen and oxygen atoms in total. The lowest BCUT2D eigenvalue weighted by Gasteiger charge is -2.62. The summed E-state index contributed by atoms with van der Waals surface area (Å²) >= 11 is 0. The summed E-state index contributed by atoms with van der Waals surface area (Å²) in [5, 5.41) is 0. The largest absolute Gasteiger partial charge is 0.381 e. The highest BCUT2D eigenvalue weighted by molar-refractivity contribution is 5.89. The van der Waals surface area contributed by atoms with E-state index in [-0.39, 0.29) is 35.7 Å². The van der Waals surface area contributed by atoms with E-state index in [0.29, 0.717) is 24.0 Å². The lowest BCUT2D eigenvalue weighted by molar-refractivity contribution is -0.217. The first-order valence-corrected chi connectivity index (χ1v) is 11.0. The predicted octanol–water partition coefficient (Wildman–Crippen LogP) is 5.01. The Labute approximate surface area is 171 Å². The van der Waals surface area contributed by atoms with Crippen molar-refractivity contribution in [2.45, 2.75) is 78.9 Å². The van der Waals surface area contributed by atoms with Crippen LogP contribution in [-0.2, 0) is 19.0 Å². The highest BCUT2D eigenvalue weighted by Gasteiger charge is 2.67. The maximum absolute atomic E-state index is 13.9. The molecule has 0 aromatic carbocycles. The van der Waals surface area contributed by atoms with Crippen LogP contribution in [0.25, 0.3) is 0 Å². The monoisotopic (exact) mass is 392 g/mol. The van der Waals surface area contributed by atoms with Gasteiger partial charge in [0.05, 0.1) is 12.2 Å². The standard InChI is InChI=1S/C24H40O4/c1-8-11-22(4)14-19(28-15-26-6)23(5)16(2)9-12-24(17(3)21(22)25)13-10-18(27-7)20(23)24/h8,11,16-20H,9-10,12-15H2,1-7H3/b11-8-/t16?,17-,18+,19+,20?,22+,23-,24?/m0/s1. The van der Waals surface area contributed by atoms with Gasteiger partial charge >= 0.3 is 0 Å². The number of carbonyl (C=O) groups excluding carboxylic acids is 1. The molecule has 0 saturated heterocycles. The van der Waals surface area contributed by atoms with Crippen molar-refractivity contribution in [3.8, 4) is 0 Å². The predicted molar refractivity (Wildman–Crippen MR) is 111 cm³/mol. The number of rotatable bonds is 5. The zero-order chi connectivity index (χ0) is 20.7. The van der Waals surface area contributed by atoms with Gasteiger partial charge in [-0.2, -0.15) is 0 Å². The molecule has 0 radical (unpaired) electrons. The zero-order valence-corrected chi connectivity index (χ0v) is 18.9. The van der Waals surface area contributed by atoms with Crippen LogP contribution in [0, 0.1) is 34.0 Å². The fourth-order valence-corrected chi connectivity index (χ4v) is 7.35. The Morgan fingerprint density at radius 1 is 1.14 bits per heavy atom. The van der Waals surface area contributed by atoms with Gasteiger partial charge in [0.2, 0.25) is 0 Å². The molecule has 0 N–H and O–H groups in total. The van der Waals surface area contributed by atoms with Crippen LogP contribution < -0.4 is 0 Å². The molecule has 8 atom stereocenters. The highest BCUT2D eigenvalue weighted by Crippen LogP contribution is 2.68. The van der Waals surface area contributed by atoms with E-state index < -0.39 is 5.41 Å². The molecule has 3 rings (SSSR count). The van der Waals surface area contributed by atoms with Crippen LogP contribution in [0.15, 0.2) is 12.2 Å². The number of Topliss-reactive ketones (excluding diaryl/α,β-unsaturated/α-hetero) is 1. The van der Waals surface area contributed by atoms with E-state index in [1.165, 1.54) is 0 Å². The molecule has 3 aliphatic carbocycles. The quantitative estimate of drug-likeness (QED) is 0.487. The molecule has 2 bridgehead atoms. The number of allylic oxidation sites excluding steroid dienone is 2. The first-order valence-electron chi connectivity index (χ1n) is 11.0. The molecule has 0 aromatic rings. The Morgan fingerprint density at radius 3 is 2.43 bits per heavy atom. The Bertz CT molecular complexity index is 616. The van der Waals surface area contributed by atoms with Crippen molar-refractivity contribution in [2.24, 2.45) is 34.0 Å². The first kappa shape index (κ1) is 22.0. The normalized spacial score (nSPS) is 49.1. The fraction of sp³-hybridized carbons (Fsp3) is 0.875. The molecule has 0 aromatic heterocycles. The maximum atomic E-state index is 13.9. The van der Waals surface area contributed by atoms with Crippen molar-refractivity contribution in [3.05, 3.63) is 12.2 Å². The molecule has 160 valence electrons. The van der Waals surface area contributed by atoms with E-state index in [9.17, 15) is 4.79 Å². The molecule has 0 aliphatic heterocycles. The second-order valence-electron chi connectivity index (χ2n) is 10.1. The van der Waals surface area contributed by atoms with Crippen LogP contribution in [0.2, 0.25) is 0 Å².